The molecular formula is C9H9ClN4. The van der Waals surface area contributed by atoms with Gasteiger partial charge in [0, 0.05) is 18.0 Å². The van der Waals surface area contributed by atoms with Gasteiger partial charge in [-0.1, -0.05) is 11.6 Å². The summed E-state index contributed by atoms with van der Waals surface area (Å²) >= 11 is 5.96. The zero-order valence-electron chi connectivity index (χ0n) is 7.37. The lowest BCUT2D eigenvalue weighted by Crippen LogP contribution is -1.97. The SMILES string of the molecule is NCc1nc(-c2ccncc2)c(Cl)[nH]1. The highest BCUT2D eigenvalue weighted by atomic mass is 35.5. The molecule has 4 nitrogen and oxygen atoms in total. The number of pyridine rings is 1. The number of imidazole rings is 1. The second kappa shape index (κ2) is 3.77. The Labute approximate surface area is 86.1 Å². The highest BCUT2D eigenvalue weighted by Gasteiger charge is 2.08. The van der Waals surface area contributed by atoms with Crippen LogP contribution >= 0.6 is 11.6 Å². The van der Waals surface area contributed by atoms with Gasteiger partial charge in [0.15, 0.2) is 0 Å². The van der Waals surface area contributed by atoms with Gasteiger partial charge in [-0.3, -0.25) is 4.98 Å². The summed E-state index contributed by atoms with van der Waals surface area (Å²) < 4.78 is 0. The lowest BCUT2D eigenvalue weighted by atomic mass is 10.2. The van der Waals surface area contributed by atoms with E-state index in [4.69, 9.17) is 17.3 Å². The van der Waals surface area contributed by atoms with Crippen LogP contribution in [-0.2, 0) is 6.54 Å². The average Bonchev–Trinajstić information content (AvgIpc) is 2.61. The lowest BCUT2D eigenvalue weighted by Gasteiger charge is -1.94. The topological polar surface area (TPSA) is 67.6 Å². The largest absolute Gasteiger partial charge is 0.331 e. The zero-order chi connectivity index (χ0) is 9.97. The molecule has 0 saturated carbocycles. The maximum atomic E-state index is 5.96. The molecular weight excluding hydrogens is 200 g/mol. The van der Waals surface area contributed by atoms with E-state index in [1.165, 1.54) is 0 Å². The van der Waals surface area contributed by atoms with Crippen LogP contribution in [0.3, 0.4) is 0 Å². The first-order valence-corrected chi connectivity index (χ1v) is 4.54. The summed E-state index contributed by atoms with van der Waals surface area (Å²) in [6.07, 6.45) is 3.39. The molecule has 0 aliphatic carbocycles. The molecule has 14 heavy (non-hydrogen) atoms. The van der Waals surface area contributed by atoms with E-state index in [9.17, 15) is 0 Å². The molecule has 0 bridgehead atoms. The van der Waals surface area contributed by atoms with Crippen LogP contribution in [-0.4, -0.2) is 15.0 Å². The second-order valence-electron chi connectivity index (χ2n) is 2.79. The van der Waals surface area contributed by atoms with Crippen molar-refractivity contribution < 1.29 is 0 Å². The standard InChI is InChI=1S/C9H9ClN4/c10-9-8(13-7(5-11)14-9)6-1-3-12-4-2-6/h1-4H,5,11H2,(H,13,14). The van der Waals surface area contributed by atoms with E-state index in [0.29, 0.717) is 17.5 Å². The highest BCUT2D eigenvalue weighted by molar-refractivity contribution is 6.31. The van der Waals surface area contributed by atoms with Gasteiger partial charge in [0.2, 0.25) is 0 Å². The van der Waals surface area contributed by atoms with Gasteiger partial charge < -0.3 is 10.7 Å². The van der Waals surface area contributed by atoms with Gasteiger partial charge in [-0.2, -0.15) is 0 Å². The molecule has 0 aromatic carbocycles. The summed E-state index contributed by atoms with van der Waals surface area (Å²) in [7, 11) is 0. The van der Waals surface area contributed by atoms with E-state index >= 15 is 0 Å². The number of H-pyrrole nitrogens is 1. The van der Waals surface area contributed by atoms with E-state index < -0.39 is 0 Å². The Balaban J connectivity index is 2.46. The van der Waals surface area contributed by atoms with Crippen molar-refractivity contribution in [1.29, 1.82) is 0 Å². The fourth-order valence-electron chi connectivity index (χ4n) is 1.20. The van der Waals surface area contributed by atoms with Gasteiger partial charge >= 0.3 is 0 Å². The van der Waals surface area contributed by atoms with Crippen molar-refractivity contribution >= 4 is 11.6 Å². The molecule has 2 rings (SSSR count). The predicted octanol–water partition coefficient (Wildman–Crippen LogP) is 1.58. The van der Waals surface area contributed by atoms with Crippen LogP contribution < -0.4 is 5.73 Å². The van der Waals surface area contributed by atoms with Gasteiger partial charge in [0.1, 0.15) is 16.7 Å². The number of nitrogens with zero attached hydrogens (tertiary/aromatic N) is 2. The third-order valence-electron chi connectivity index (χ3n) is 1.86. The van der Waals surface area contributed by atoms with Crippen LogP contribution in [0.15, 0.2) is 24.5 Å². The number of rotatable bonds is 2. The number of nitrogens with one attached hydrogen (secondary N) is 1. The highest BCUT2D eigenvalue weighted by Crippen LogP contribution is 2.24. The van der Waals surface area contributed by atoms with E-state index in [-0.39, 0.29) is 0 Å². The fourth-order valence-corrected chi connectivity index (χ4v) is 1.46. The third-order valence-corrected chi connectivity index (χ3v) is 2.13. The summed E-state index contributed by atoms with van der Waals surface area (Å²) in [5, 5.41) is 0.511. The molecule has 3 N–H and O–H groups in total. The van der Waals surface area contributed by atoms with Crippen molar-refractivity contribution in [2.24, 2.45) is 5.73 Å². The summed E-state index contributed by atoms with van der Waals surface area (Å²) in [4.78, 5) is 11.1. The van der Waals surface area contributed by atoms with Gasteiger partial charge in [0.25, 0.3) is 0 Å². The molecule has 0 saturated heterocycles. The van der Waals surface area contributed by atoms with Crippen molar-refractivity contribution in [3.8, 4) is 11.3 Å². The molecule has 0 spiro atoms. The maximum absolute atomic E-state index is 5.96. The molecule has 72 valence electrons. The normalized spacial score (nSPS) is 10.4. The van der Waals surface area contributed by atoms with Crippen molar-refractivity contribution in [3.05, 3.63) is 35.5 Å². The van der Waals surface area contributed by atoms with Crippen LogP contribution in [0.5, 0.6) is 0 Å². The van der Waals surface area contributed by atoms with E-state index in [1.54, 1.807) is 12.4 Å². The molecule has 2 aromatic heterocycles. The smallest absolute Gasteiger partial charge is 0.134 e. The number of halogens is 1. The number of aromatic amines is 1. The molecule has 0 unspecified atom stereocenters. The Hall–Kier alpha value is -1.39. The number of hydrogen-bond acceptors (Lipinski definition) is 3. The minimum atomic E-state index is 0.352. The number of nitrogens with two attached hydrogens (primary N) is 1. The van der Waals surface area contributed by atoms with E-state index in [1.807, 2.05) is 12.1 Å². The lowest BCUT2D eigenvalue weighted by molar-refractivity contribution is 0.950. The molecule has 5 heteroatoms. The molecule has 0 aliphatic rings. The first-order valence-electron chi connectivity index (χ1n) is 4.16. The summed E-state index contributed by atoms with van der Waals surface area (Å²) in [5.74, 6) is 0.682. The first kappa shape index (κ1) is 9.18. The van der Waals surface area contributed by atoms with Gasteiger partial charge in [-0.15, -0.1) is 0 Å². The quantitative estimate of drug-likeness (QED) is 0.788. The van der Waals surface area contributed by atoms with Crippen LogP contribution in [0.4, 0.5) is 0 Å². The van der Waals surface area contributed by atoms with Crippen molar-refractivity contribution in [2.45, 2.75) is 6.54 Å². The molecule has 0 fully saturated rings. The van der Waals surface area contributed by atoms with Crippen LogP contribution in [0.1, 0.15) is 5.82 Å². The summed E-state index contributed by atoms with van der Waals surface area (Å²) in [5.41, 5.74) is 7.09. The molecule has 0 aliphatic heterocycles. The molecule has 2 aromatic rings. The van der Waals surface area contributed by atoms with E-state index in [2.05, 4.69) is 15.0 Å². The Kier molecular flexibility index (Phi) is 2.47. The van der Waals surface area contributed by atoms with Crippen molar-refractivity contribution in [3.63, 3.8) is 0 Å². The molecule has 0 amide bonds. The van der Waals surface area contributed by atoms with E-state index in [0.717, 1.165) is 11.3 Å². The minimum absolute atomic E-state index is 0.352. The average molecular weight is 209 g/mol. The Morgan fingerprint density at radius 3 is 2.64 bits per heavy atom. The predicted molar refractivity (Wildman–Crippen MR) is 54.7 cm³/mol. The van der Waals surface area contributed by atoms with Crippen molar-refractivity contribution in [1.82, 2.24) is 15.0 Å². The maximum Gasteiger partial charge on any atom is 0.134 e. The monoisotopic (exact) mass is 208 g/mol. The van der Waals surface area contributed by atoms with Crippen LogP contribution in [0, 0.1) is 0 Å². The Bertz CT molecular complexity index is 424. The summed E-state index contributed by atoms with van der Waals surface area (Å²) in [6, 6.07) is 3.70. The van der Waals surface area contributed by atoms with Gasteiger partial charge in [0.05, 0.1) is 6.54 Å². The van der Waals surface area contributed by atoms with Crippen molar-refractivity contribution in [2.75, 3.05) is 0 Å². The minimum Gasteiger partial charge on any atom is -0.331 e. The molecule has 0 radical (unpaired) electrons. The molecule has 0 atom stereocenters. The van der Waals surface area contributed by atoms with Crippen LogP contribution in [0.25, 0.3) is 11.3 Å². The second-order valence-corrected chi connectivity index (χ2v) is 3.16. The molecule has 2 heterocycles. The Morgan fingerprint density at radius 1 is 1.36 bits per heavy atom. The first-order chi connectivity index (χ1) is 6.81. The third kappa shape index (κ3) is 1.62. The Morgan fingerprint density at radius 2 is 2.07 bits per heavy atom. The number of hydrogen-bond donors (Lipinski definition) is 2. The number of aromatic nitrogens is 3. The van der Waals surface area contributed by atoms with Gasteiger partial charge in [-0.05, 0) is 12.1 Å². The van der Waals surface area contributed by atoms with Crippen LogP contribution in [0.2, 0.25) is 5.15 Å². The zero-order valence-corrected chi connectivity index (χ0v) is 8.12. The summed E-state index contributed by atoms with van der Waals surface area (Å²) in [6.45, 7) is 0.352. The fraction of sp³-hybridized carbons (Fsp3) is 0.111. The van der Waals surface area contributed by atoms with Gasteiger partial charge in [-0.25, -0.2) is 4.98 Å².